The molecule has 1 amide bonds. The third-order valence-corrected chi connectivity index (χ3v) is 3.12. The first-order valence-electron chi connectivity index (χ1n) is 7.07. The van der Waals surface area contributed by atoms with Crippen LogP contribution in [0.25, 0.3) is 6.08 Å². The molecule has 0 aliphatic rings. The van der Waals surface area contributed by atoms with E-state index in [0.717, 1.165) is 12.1 Å². The number of hydrogen-bond acceptors (Lipinski definition) is 3. The molecule has 1 N–H and O–H groups in total. The van der Waals surface area contributed by atoms with Crippen LogP contribution in [0.1, 0.15) is 5.56 Å². The summed E-state index contributed by atoms with van der Waals surface area (Å²) in [5.74, 6) is -5.60. The normalized spacial score (nSPS) is 11.0. The Bertz CT molecular complexity index is 839. The summed E-state index contributed by atoms with van der Waals surface area (Å²) in [6, 6.07) is 5.47. The van der Waals surface area contributed by atoms with E-state index in [1.54, 1.807) is 0 Å². The molecule has 0 saturated carbocycles. The van der Waals surface area contributed by atoms with Crippen molar-refractivity contribution in [2.75, 3.05) is 12.4 Å². The number of amides is 1. The monoisotopic (exact) mass is 373 g/mol. The van der Waals surface area contributed by atoms with Crippen molar-refractivity contribution in [3.63, 3.8) is 0 Å². The average Bonchev–Trinajstić information content (AvgIpc) is 2.61. The van der Waals surface area contributed by atoms with Crippen molar-refractivity contribution < 1.29 is 36.2 Å². The van der Waals surface area contributed by atoms with E-state index < -0.39 is 35.7 Å². The number of halogens is 5. The molecule has 138 valence electrons. The molecule has 26 heavy (non-hydrogen) atoms. The van der Waals surface area contributed by atoms with Crippen LogP contribution in [0.3, 0.4) is 0 Å². The number of carbonyl (C=O) groups excluding carboxylic acids is 1. The van der Waals surface area contributed by atoms with Crippen molar-refractivity contribution in [3.05, 3.63) is 59.4 Å². The maximum atomic E-state index is 13.5. The van der Waals surface area contributed by atoms with Crippen molar-refractivity contribution in [1.29, 1.82) is 0 Å². The summed E-state index contributed by atoms with van der Waals surface area (Å²) in [7, 11) is 1.25. The Labute approximate surface area is 144 Å². The molecular weight excluding hydrogens is 361 g/mol. The lowest BCUT2D eigenvalue weighted by atomic mass is 10.2. The van der Waals surface area contributed by atoms with Gasteiger partial charge in [-0.15, -0.1) is 0 Å². The fourth-order valence-corrected chi connectivity index (χ4v) is 1.95. The van der Waals surface area contributed by atoms with Gasteiger partial charge in [0.05, 0.1) is 12.8 Å². The first-order chi connectivity index (χ1) is 12.3. The van der Waals surface area contributed by atoms with Crippen LogP contribution in [0, 0.1) is 17.5 Å². The molecule has 0 fully saturated rings. The van der Waals surface area contributed by atoms with Crippen molar-refractivity contribution >= 4 is 17.7 Å². The third-order valence-electron chi connectivity index (χ3n) is 3.12. The van der Waals surface area contributed by atoms with E-state index in [1.807, 2.05) is 0 Å². The summed E-state index contributed by atoms with van der Waals surface area (Å²) in [6.07, 6.45) is 2.27. The summed E-state index contributed by atoms with van der Waals surface area (Å²) < 4.78 is 73.1. The molecule has 0 bridgehead atoms. The quantitative estimate of drug-likeness (QED) is 0.465. The number of benzene rings is 2. The standard InChI is InChI=1S/C17H12F5NO3/c1-25-13-8-9(2-6-12(13)26-17(21)22)3-7-14(24)23-11-5-4-10(18)15(19)16(11)20/h2-8,17H,1H3,(H,23,24). The topological polar surface area (TPSA) is 47.6 Å². The number of hydrogen-bond donors (Lipinski definition) is 1. The van der Waals surface area contributed by atoms with Gasteiger partial charge in [0.25, 0.3) is 0 Å². The summed E-state index contributed by atoms with van der Waals surface area (Å²) in [4.78, 5) is 11.8. The molecule has 0 aliphatic heterocycles. The van der Waals surface area contributed by atoms with Crippen LogP contribution in [0.2, 0.25) is 0 Å². The third kappa shape index (κ3) is 4.71. The minimum absolute atomic E-state index is 0.0134. The van der Waals surface area contributed by atoms with Crippen LogP contribution in [0.5, 0.6) is 11.5 Å². The zero-order valence-corrected chi connectivity index (χ0v) is 13.2. The van der Waals surface area contributed by atoms with Gasteiger partial charge in [0.2, 0.25) is 5.91 Å². The van der Waals surface area contributed by atoms with Gasteiger partial charge in [-0.2, -0.15) is 8.78 Å². The number of carbonyl (C=O) groups is 1. The van der Waals surface area contributed by atoms with Gasteiger partial charge in [0, 0.05) is 6.08 Å². The van der Waals surface area contributed by atoms with E-state index in [9.17, 15) is 26.7 Å². The number of rotatable bonds is 6. The van der Waals surface area contributed by atoms with E-state index in [4.69, 9.17) is 4.74 Å². The van der Waals surface area contributed by atoms with Gasteiger partial charge >= 0.3 is 6.61 Å². The molecule has 0 aliphatic carbocycles. The maximum Gasteiger partial charge on any atom is 0.387 e. The minimum atomic E-state index is -3.03. The van der Waals surface area contributed by atoms with Gasteiger partial charge < -0.3 is 14.8 Å². The van der Waals surface area contributed by atoms with Gasteiger partial charge in [-0.1, -0.05) is 6.07 Å². The van der Waals surface area contributed by atoms with Crippen LogP contribution in [0.4, 0.5) is 27.6 Å². The summed E-state index contributed by atoms with van der Waals surface area (Å²) in [5, 5.41) is 2.05. The van der Waals surface area contributed by atoms with Crippen LogP contribution in [-0.4, -0.2) is 19.6 Å². The molecule has 0 spiro atoms. The highest BCUT2D eigenvalue weighted by atomic mass is 19.3. The summed E-state index contributed by atoms with van der Waals surface area (Å²) in [5.41, 5.74) is -0.138. The second-order valence-electron chi connectivity index (χ2n) is 4.83. The molecule has 9 heteroatoms. The summed E-state index contributed by atoms with van der Waals surface area (Å²) >= 11 is 0. The van der Waals surface area contributed by atoms with Crippen LogP contribution in [0.15, 0.2) is 36.4 Å². The highest BCUT2D eigenvalue weighted by Gasteiger charge is 2.14. The lowest BCUT2D eigenvalue weighted by Crippen LogP contribution is -2.10. The zero-order chi connectivity index (χ0) is 19.3. The molecule has 0 atom stereocenters. The van der Waals surface area contributed by atoms with Crippen LogP contribution in [-0.2, 0) is 4.79 Å². The van der Waals surface area contributed by atoms with E-state index in [2.05, 4.69) is 10.1 Å². The highest BCUT2D eigenvalue weighted by molar-refractivity contribution is 6.02. The second kappa shape index (κ2) is 8.32. The van der Waals surface area contributed by atoms with Gasteiger partial charge in [-0.25, -0.2) is 13.2 Å². The lowest BCUT2D eigenvalue weighted by molar-refractivity contribution is -0.111. The van der Waals surface area contributed by atoms with Gasteiger partial charge in [-0.05, 0) is 35.9 Å². The molecule has 0 radical (unpaired) electrons. The molecule has 0 aromatic heterocycles. The fourth-order valence-electron chi connectivity index (χ4n) is 1.95. The van der Waals surface area contributed by atoms with Gasteiger partial charge in [-0.3, -0.25) is 4.79 Å². The molecule has 0 heterocycles. The second-order valence-corrected chi connectivity index (χ2v) is 4.83. The fraction of sp³-hybridized carbons (Fsp3) is 0.118. The largest absolute Gasteiger partial charge is 0.493 e. The Hall–Kier alpha value is -3.10. The van der Waals surface area contributed by atoms with E-state index >= 15 is 0 Å². The van der Waals surface area contributed by atoms with Crippen LogP contribution >= 0.6 is 0 Å². The number of nitrogens with one attached hydrogen (secondary N) is 1. The van der Waals surface area contributed by atoms with Gasteiger partial charge in [0.15, 0.2) is 29.0 Å². The number of methoxy groups -OCH3 is 1. The maximum absolute atomic E-state index is 13.5. The van der Waals surface area contributed by atoms with Crippen molar-refractivity contribution in [2.24, 2.45) is 0 Å². The predicted octanol–water partition coefficient (Wildman–Crippen LogP) is 4.37. The first-order valence-corrected chi connectivity index (χ1v) is 7.07. The van der Waals surface area contributed by atoms with Crippen molar-refractivity contribution in [2.45, 2.75) is 6.61 Å². The van der Waals surface area contributed by atoms with Gasteiger partial charge in [0.1, 0.15) is 0 Å². The summed E-state index contributed by atoms with van der Waals surface area (Å²) in [6.45, 7) is -3.03. The average molecular weight is 373 g/mol. The van der Waals surface area contributed by atoms with E-state index in [-0.39, 0.29) is 11.5 Å². The van der Waals surface area contributed by atoms with E-state index in [0.29, 0.717) is 11.6 Å². The Balaban J connectivity index is 2.12. The lowest BCUT2D eigenvalue weighted by Gasteiger charge is -2.10. The molecular formula is C17H12F5NO3. The predicted molar refractivity (Wildman–Crippen MR) is 83.6 cm³/mol. The molecule has 0 saturated heterocycles. The minimum Gasteiger partial charge on any atom is -0.493 e. The van der Waals surface area contributed by atoms with Crippen molar-refractivity contribution in [1.82, 2.24) is 0 Å². The number of anilines is 1. The smallest absolute Gasteiger partial charge is 0.387 e. The number of alkyl halides is 2. The molecule has 2 aromatic rings. The highest BCUT2D eigenvalue weighted by Crippen LogP contribution is 2.29. The Kier molecular flexibility index (Phi) is 6.16. The number of ether oxygens (including phenoxy) is 2. The Morgan fingerprint density at radius 3 is 2.46 bits per heavy atom. The SMILES string of the molecule is COc1cc(C=CC(=O)Nc2ccc(F)c(F)c2F)ccc1OC(F)F. The van der Waals surface area contributed by atoms with Crippen LogP contribution < -0.4 is 14.8 Å². The Morgan fingerprint density at radius 1 is 1.08 bits per heavy atom. The molecule has 0 unspecified atom stereocenters. The molecule has 2 aromatic carbocycles. The first kappa shape index (κ1) is 19.2. The Morgan fingerprint density at radius 2 is 1.81 bits per heavy atom. The van der Waals surface area contributed by atoms with E-state index in [1.165, 1.54) is 31.4 Å². The molecule has 2 rings (SSSR count). The zero-order valence-electron chi connectivity index (χ0n) is 13.2. The van der Waals surface area contributed by atoms with Crippen molar-refractivity contribution in [3.8, 4) is 11.5 Å². The molecule has 4 nitrogen and oxygen atoms in total.